The first-order valence-electron chi connectivity index (χ1n) is 8.36. The predicted octanol–water partition coefficient (Wildman–Crippen LogP) is 1.73. The fraction of sp³-hybridized carbons (Fsp3) is 0.750. The lowest BCUT2D eigenvalue weighted by molar-refractivity contribution is -0.0752. The summed E-state index contributed by atoms with van der Waals surface area (Å²) >= 11 is 0. The zero-order valence-corrected chi connectivity index (χ0v) is 16.5. The van der Waals surface area contributed by atoms with Crippen molar-refractivity contribution in [3.8, 4) is 0 Å². The van der Waals surface area contributed by atoms with Gasteiger partial charge in [0.2, 0.25) is 5.82 Å². The van der Waals surface area contributed by atoms with Gasteiger partial charge in [0.1, 0.15) is 12.3 Å². The summed E-state index contributed by atoms with van der Waals surface area (Å²) < 4.78 is 26.7. The largest absolute Gasteiger partial charge is 0.411 e. The van der Waals surface area contributed by atoms with Crippen LogP contribution in [0.1, 0.15) is 40.3 Å². The number of aromatic nitrogens is 2. The molecular formula is C16H27FN2O5Si. The number of aromatic amines is 1. The highest BCUT2D eigenvalue weighted by atomic mass is 28.4. The fourth-order valence-corrected chi connectivity index (χ4v) is 3.95. The van der Waals surface area contributed by atoms with Crippen LogP contribution >= 0.6 is 0 Å². The van der Waals surface area contributed by atoms with Gasteiger partial charge in [-0.3, -0.25) is 14.3 Å². The molecule has 1 aromatic heterocycles. The van der Waals surface area contributed by atoms with E-state index in [-0.39, 0.29) is 11.5 Å². The van der Waals surface area contributed by atoms with E-state index >= 15 is 0 Å². The predicted molar refractivity (Wildman–Crippen MR) is 93.6 cm³/mol. The maximum atomic E-state index is 13.6. The van der Waals surface area contributed by atoms with Crippen LogP contribution in [0.3, 0.4) is 0 Å². The third kappa shape index (κ3) is 4.10. The summed E-state index contributed by atoms with van der Waals surface area (Å²) in [6, 6.07) is 0. The Balaban J connectivity index is 2.31. The van der Waals surface area contributed by atoms with E-state index in [1.54, 1.807) is 6.92 Å². The van der Waals surface area contributed by atoms with Crippen LogP contribution in [0.15, 0.2) is 15.8 Å². The molecule has 1 aromatic rings. The Bertz CT molecular complexity index is 737. The van der Waals surface area contributed by atoms with Crippen molar-refractivity contribution < 1.29 is 18.7 Å². The lowest BCUT2D eigenvalue weighted by Gasteiger charge is -2.39. The second-order valence-electron chi connectivity index (χ2n) is 8.09. The van der Waals surface area contributed by atoms with Crippen LogP contribution in [-0.4, -0.2) is 41.3 Å². The SMILES string of the molecule is C[C@@H](O)C1OC(n2cc(F)c(=O)[nH]c2=O)CC1O[Si](C)(C)C(C)(C)C. The molecule has 1 fully saturated rings. The Morgan fingerprint density at radius 2 is 2.04 bits per heavy atom. The molecule has 7 nitrogen and oxygen atoms in total. The average molecular weight is 374 g/mol. The molecule has 1 aliphatic heterocycles. The minimum absolute atomic E-state index is 0.0325. The zero-order chi connectivity index (χ0) is 19.2. The second-order valence-corrected chi connectivity index (χ2v) is 12.8. The van der Waals surface area contributed by atoms with Gasteiger partial charge in [-0.1, -0.05) is 20.8 Å². The monoisotopic (exact) mass is 374 g/mol. The Morgan fingerprint density at radius 3 is 2.56 bits per heavy atom. The Morgan fingerprint density at radius 1 is 1.44 bits per heavy atom. The van der Waals surface area contributed by atoms with E-state index < -0.39 is 49.9 Å². The molecule has 142 valence electrons. The Labute approximate surface area is 146 Å². The molecule has 2 rings (SSSR count). The topological polar surface area (TPSA) is 93.5 Å². The van der Waals surface area contributed by atoms with Crippen molar-refractivity contribution in [2.45, 2.75) is 76.8 Å². The summed E-state index contributed by atoms with van der Waals surface area (Å²) in [6.07, 6.45) is -1.57. The van der Waals surface area contributed by atoms with E-state index in [1.807, 2.05) is 4.98 Å². The normalized spacial score (nSPS) is 26.0. The molecule has 9 heteroatoms. The second kappa shape index (κ2) is 6.79. The molecule has 1 aliphatic rings. The standard InChI is InChI=1S/C16H27FN2O5Si/c1-9(20)13-11(24-25(5,6)16(2,3)4)7-12(23-13)19-8-10(17)14(21)18-15(19)22/h8-9,11-13,20H,7H2,1-6H3,(H,18,21,22)/t9-,11?,12?,13?/m1/s1. The summed E-state index contributed by atoms with van der Waals surface area (Å²) in [5.41, 5.74) is -1.82. The number of H-pyrrole nitrogens is 1. The number of aliphatic hydroxyl groups is 1. The van der Waals surface area contributed by atoms with Crippen LogP contribution in [-0.2, 0) is 9.16 Å². The molecule has 4 atom stereocenters. The highest BCUT2D eigenvalue weighted by Gasteiger charge is 2.46. The van der Waals surface area contributed by atoms with Crippen LogP contribution in [0.2, 0.25) is 18.1 Å². The van der Waals surface area contributed by atoms with Gasteiger partial charge in [0.05, 0.1) is 18.4 Å². The van der Waals surface area contributed by atoms with Gasteiger partial charge in [-0.05, 0) is 25.1 Å². The number of ether oxygens (including phenoxy) is 1. The van der Waals surface area contributed by atoms with E-state index in [1.165, 1.54) is 0 Å². The molecule has 0 amide bonds. The van der Waals surface area contributed by atoms with Gasteiger partial charge in [0.25, 0.3) is 5.56 Å². The van der Waals surface area contributed by atoms with Gasteiger partial charge < -0.3 is 14.3 Å². The smallest absolute Gasteiger partial charge is 0.330 e. The molecule has 0 aromatic carbocycles. The first kappa shape index (κ1) is 20.0. The number of nitrogens with one attached hydrogen (secondary N) is 1. The Hall–Kier alpha value is -1.29. The molecule has 0 bridgehead atoms. The molecule has 3 unspecified atom stereocenters. The van der Waals surface area contributed by atoms with Crippen molar-refractivity contribution in [1.29, 1.82) is 0 Å². The summed E-state index contributed by atoms with van der Waals surface area (Å²) in [5.74, 6) is -1.06. The van der Waals surface area contributed by atoms with E-state index in [4.69, 9.17) is 9.16 Å². The minimum Gasteiger partial charge on any atom is -0.411 e. The summed E-state index contributed by atoms with van der Waals surface area (Å²) in [4.78, 5) is 25.1. The highest BCUT2D eigenvalue weighted by molar-refractivity contribution is 6.74. The van der Waals surface area contributed by atoms with Crippen molar-refractivity contribution in [2.75, 3.05) is 0 Å². The van der Waals surface area contributed by atoms with Crippen molar-refractivity contribution in [3.63, 3.8) is 0 Å². The van der Waals surface area contributed by atoms with Gasteiger partial charge in [0.15, 0.2) is 8.32 Å². The molecule has 0 saturated carbocycles. The van der Waals surface area contributed by atoms with Crippen molar-refractivity contribution in [2.24, 2.45) is 0 Å². The number of halogens is 1. The number of aliphatic hydroxyl groups excluding tert-OH is 1. The molecule has 0 aliphatic carbocycles. The molecule has 1 saturated heterocycles. The average Bonchev–Trinajstić information content (AvgIpc) is 2.84. The van der Waals surface area contributed by atoms with Crippen LogP contribution in [0.5, 0.6) is 0 Å². The highest BCUT2D eigenvalue weighted by Crippen LogP contribution is 2.41. The summed E-state index contributed by atoms with van der Waals surface area (Å²) in [6.45, 7) is 12.1. The fourth-order valence-electron chi connectivity index (χ4n) is 2.61. The quantitative estimate of drug-likeness (QED) is 0.783. The maximum absolute atomic E-state index is 13.6. The first-order chi connectivity index (χ1) is 11.3. The van der Waals surface area contributed by atoms with E-state index in [9.17, 15) is 19.1 Å². The van der Waals surface area contributed by atoms with Gasteiger partial charge in [0, 0.05) is 6.42 Å². The first-order valence-corrected chi connectivity index (χ1v) is 11.3. The lowest BCUT2D eigenvalue weighted by atomic mass is 10.1. The summed E-state index contributed by atoms with van der Waals surface area (Å²) in [5, 5.41) is 10.0. The molecule has 25 heavy (non-hydrogen) atoms. The third-order valence-electron chi connectivity index (χ3n) is 5.08. The van der Waals surface area contributed by atoms with E-state index in [0.29, 0.717) is 0 Å². The van der Waals surface area contributed by atoms with Gasteiger partial charge in [-0.2, -0.15) is 4.39 Å². The van der Waals surface area contributed by atoms with Gasteiger partial charge >= 0.3 is 5.69 Å². The van der Waals surface area contributed by atoms with E-state index in [2.05, 4.69) is 33.9 Å². The zero-order valence-electron chi connectivity index (χ0n) is 15.5. The number of hydrogen-bond acceptors (Lipinski definition) is 5. The van der Waals surface area contributed by atoms with Crippen molar-refractivity contribution in [1.82, 2.24) is 9.55 Å². The molecular weight excluding hydrogens is 347 g/mol. The van der Waals surface area contributed by atoms with E-state index in [0.717, 1.165) is 10.8 Å². The number of nitrogens with zero attached hydrogens (tertiary/aromatic N) is 1. The van der Waals surface area contributed by atoms with Crippen LogP contribution < -0.4 is 11.2 Å². The van der Waals surface area contributed by atoms with Crippen molar-refractivity contribution >= 4 is 8.32 Å². The maximum Gasteiger partial charge on any atom is 0.330 e. The summed E-state index contributed by atoms with van der Waals surface area (Å²) in [7, 11) is -2.13. The minimum atomic E-state index is -2.13. The van der Waals surface area contributed by atoms with Crippen LogP contribution in [0.25, 0.3) is 0 Å². The van der Waals surface area contributed by atoms with Crippen LogP contribution in [0, 0.1) is 5.82 Å². The number of hydrogen-bond donors (Lipinski definition) is 2. The molecule has 0 radical (unpaired) electrons. The van der Waals surface area contributed by atoms with Crippen molar-refractivity contribution in [3.05, 3.63) is 32.9 Å². The van der Waals surface area contributed by atoms with Gasteiger partial charge in [-0.15, -0.1) is 0 Å². The molecule has 2 heterocycles. The number of rotatable bonds is 4. The van der Waals surface area contributed by atoms with Crippen LogP contribution in [0.4, 0.5) is 4.39 Å². The lowest BCUT2D eigenvalue weighted by Crippen LogP contribution is -2.47. The molecule has 2 N–H and O–H groups in total. The molecule has 0 spiro atoms. The third-order valence-corrected chi connectivity index (χ3v) is 9.58. The van der Waals surface area contributed by atoms with Gasteiger partial charge in [-0.25, -0.2) is 4.79 Å². The Kier molecular flexibility index (Phi) is 5.44.